The first kappa shape index (κ1) is 22.0. The zero-order valence-corrected chi connectivity index (χ0v) is 18.7. The van der Waals surface area contributed by atoms with Gasteiger partial charge in [-0.15, -0.1) is 0 Å². The maximum absolute atomic E-state index is 14.8. The number of amides is 2. The summed E-state index contributed by atoms with van der Waals surface area (Å²) in [4.78, 5) is 29.1. The molecule has 2 aromatic carbocycles. The molecule has 1 aromatic heterocycles. The molecule has 0 aliphatic carbocycles. The molecular formula is C26H26FN5O2. The predicted molar refractivity (Wildman–Crippen MR) is 127 cm³/mol. The molecule has 7 nitrogen and oxygen atoms in total. The fourth-order valence-electron chi connectivity index (χ4n) is 4.63. The van der Waals surface area contributed by atoms with Crippen LogP contribution in [0.1, 0.15) is 34.7 Å². The molecule has 174 valence electrons. The van der Waals surface area contributed by atoms with Crippen LogP contribution in [0.15, 0.2) is 67.0 Å². The third-order valence-corrected chi connectivity index (χ3v) is 6.71. The van der Waals surface area contributed by atoms with Crippen LogP contribution < -0.4 is 10.2 Å². The number of piperidine rings is 1. The van der Waals surface area contributed by atoms with Crippen LogP contribution in [0.4, 0.5) is 15.8 Å². The molecule has 0 bridgehead atoms. The van der Waals surface area contributed by atoms with Gasteiger partial charge in [0.05, 0.1) is 29.7 Å². The molecule has 0 radical (unpaired) electrons. The van der Waals surface area contributed by atoms with Gasteiger partial charge in [-0.1, -0.05) is 24.3 Å². The second-order valence-electron chi connectivity index (χ2n) is 8.86. The van der Waals surface area contributed by atoms with Crippen LogP contribution in [0.2, 0.25) is 0 Å². The summed E-state index contributed by atoms with van der Waals surface area (Å²) in [6.45, 7) is 2.42. The summed E-state index contributed by atoms with van der Waals surface area (Å²) in [6, 6.07) is 16.2. The summed E-state index contributed by atoms with van der Waals surface area (Å²) < 4.78 is 14.8. The minimum atomic E-state index is -0.428. The van der Waals surface area contributed by atoms with E-state index in [1.54, 1.807) is 18.5 Å². The topological polar surface area (TPSA) is 78.4 Å². The van der Waals surface area contributed by atoms with E-state index in [0.29, 0.717) is 31.7 Å². The van der Waals surface area contributed by atoms with Crippen LogP contribution >= 0.6 is 0 Å². The fourth-order valence-corrected chi connectivity index (χ4v) is 4.63. The van der Waals surface area contributed by atoms with Crippen molar-refractivity contribution in [3.63, 3.8) is 0 Å². The zero-order chi connectivity index (χ0) is 23.5. The van der Waals surface area contributed by atoms with Crippen molar-refractivity contribution in [1.82, 2.24) is 15.1 Å². The van der Waals surface area contributed by atoms with Crippen molar-refractivity contribution in [3.8, 4) is 0 Å². The molecule has 8 heteroatoms. The van der Waals surface area contributed by atoms with Gasteiger partial charge in [0, 0.05) is 31.7 Å². The Hall–Kier alpha value is -3.81. The summed E-state index contributed by atoms with van der Waals surface area (Å²) in [5, 5.41) is 10.3. The van der Waals surface area contributed by atoms with Crippen molar-refractivity contribution in [2.45, 2.75) is 18.8 Å². The highest BCUT2D eigenvalue weighted by Crippen LogP contribution is 2.31. The summed E-state index contributed by atoms with van der Waals surface area (Å²) in [5.41, 5.74) is 2.72. The largest absolute Gasteiger partial charge is 0.368 e. The maximum atomic E-state index is 14.8. The summed E-state index contributed by atoms with van der Waals surface area (Å²) in [7, 11) is 0. The monoisotopic (exact) mass is 459 g/mol. The first-order valence-electron chi connectivity index (χ1n) is 11.5. The molecule has 2 aliphatic heterocycles. The van der Waals surface area contributed by atoms with Crippen molar-refractivity contribution in [3.05, 3.63) is 83.9 Å². The van der Waals surface area contributed by atoms with E-state index in [4.69, 9.17) is 0 Å². The van der Waals surface area contributed by atoms with Gasteiger partial charge in [0.25, 0.3) is 5.91 Å². The quantitative estimate of drug-likeness (QED) is 0.629. The number of anilines is 2. The van der Waals surface area contributed by atoms with Gasteiger partial charge in [-0.05, 0) is 54.7 Å². The van der Waals surface area contributed by atoms with Crippen LogP contribution in [-0.4, -0.2) is 53.1 Å². The van der Waals surface area contributed by atoms with E-state index in [1.807, 2.05) is 52.3 Å². The molecule has 34 heavy (non-hydrogen) atoms. The minimum absolute atomic E-state index is 0.0399. The Morgan fingerprint density at radius 1 is 0.971 bits per heavy atom. The number of hydrogen-bond donors (Lipinski definition) is 1. The Bertz CT molecular complexity index is 1160. The summed E-state index contributed by atoms with van der Waals surface area (Å²) in [6.07, 6.45) is 4.84. The van der Waals surface area contributed by atoms with Crippen molar-refractivity contribution in [1.29, 1.82) is 0 Å². The molecule has 2 fully saturated rings. The highest BCUT2D eigenvalue weighted by Gasteiger charge is 2.33. The Balaban J connectivity index is 1.14. The molecule has 0 saturated carbocycles. The van der Waals surface area contributed by atoms with Crippen LogP contribution in [0.25, 0.3) is 0 Å². The van der Waals surface area contributed by atoms with Crippen LogP contribution in [0.3, 0.4) is 0 Å². The predicted octanol–water partition coefficient (Wildman–Crippen LogP) is 3.71. The Kier molecular flexibility index (Phi) is 6.20. The Morgan fingerprint density at radius 3 is 2.41 bits per heavy atom. The maximum Gasteiger partial charge on any atom is 0.253 e. The second kappa shape index (κ2) is 9.59. The lowest BCUT2D eigenvalue weighted by atomic mass is 9.89. The number of hydrogen-bond acceptors (Lipinski definition) is 5. The molecule has 3 aromatic rings. The van der Waals surface area contributed by atoms with Gasteiger partial charge in [-0.2, -0.15) is 10.2 Å². The number of rotatable bonds is 5. The molecule has 0 atom stereocenters. The lowest BCUT2D eigenvalue weighted by molar-refractivity contribution is -0.120. The fraction of sp³-hybridized carbons (Fsp3) is 0.308. The average Bonchev–Trinajstić information content (AvgIpc) is 2.85. The van der Waals surface area contributed by atoms with E-state index >= 15 is 0 Å². The average molecular weight is 460 g/mol. The second-order valence-corrected chi connectivity index (χ2v) is 8.86. The van der Waals surface area contributed by atoms with Crippen molar-refractivity contribution < 1.29 is 14.0 Å². The zero-order valence-electron chi connectivity index (χ0n) is 18.7. The van der Waals surface area contributed by atoms with E-state index in [2.05, 4.69) is 15.5 Å². The third kappa shape index (κ3) is 4.62. The highest BCUT2D eigenvalue weighted by atomic mass is 19.1. The first-order valence-corrected chi connectivity index (χ1v) is 11.5. The number of nitrogens with one attached hydrogen (secondary N) is 1. The van der Waals surface area contributed by atoms with Crippen LogP contribution in [-0.2, 0) is 4.79 Å². The molecule has 5 rings (SSSR count). The first-order chi connectivity index (χ1) is 16.6. The van der Waals surface area contributed by atoms with Crippen LogP contribution in [0.5, 0.6) is 0 Å². The van der Waals surface area contributed by atoms with Gasteiger partial charge in [0.1, 0.15) is 5.82 Å². The number of carbonyl (C=O) groups excluding carboxylic acids is 2. The number of nitrogens with zero attached hydrogens (tertiary/aromatic N) is 4. The third-order valence-electron chi connectivity index (χ3n) is 6.71. The lowest BCUT2D eigenvalue weighted by Gasteiger charge is -2.39. The molecule has 2 aliphatic rings. The van der Waals surface area contributed by atoms with Crippen molar-refractivity contribution in [2.75, 3.05) is 36.4 Å². The van der Waals surface area contributed by atoms with Crippen LogP contribution in [0, 0.1) is 11.7 Å². The van der Waals surface area contributed by atoms with E-state index in [1.165, 1.54) is 6.07 Å². The SMILES string of the molecule is O=C(Nc1ccc(C2CCN(C(=O)c3ccccc3)CC2)cc1F)C1CN(c2ccnnc2)C1. The molecular weight excluding hydrogens is 433 g/mol. The van der Waals surface area contributed by atoms with E-state index in [-0.39, 0.29) is 29.3 Å². The number of carbonyl (C=O) groups is 2. The van der Waals surface area contributed by atoms with Gasteiger partial charge in [-0.25, -0.2) is 4.39 Å². The van der Waals surface area contributed by atoms with Crippen molar-refractivity contribution in [2.24, 2.45) is 5.92 Å². The van der Waals surface area contributed by atoms with E-state index in [0.717, 1.165) is 24.1 Å². The molecule has 3 heterocycles. The molecule has 0 unspecified atom stereocenters. The van der Waals surface area contributed by atoms with E-state index in [9.17, 15) is 14.0 Å². The van der Waals surface area contributed by atoms with E-state index < -0.39 is 5.82 Å². The van der Waals surface area contributed by atoms with Gasteiger partial charge in [0.15, 0.2) is 0 Å². The normalized spacial score (nSPS) is 16.7. The van der Waals surface area contributed by atoms with Gasteiger partial charge >= 0.3 is 0 Å². The number of halogens is 1. The summed E-state index contributed by atoms with van der Waals surface area (Å²) >= 11 is 0. The minimum Gasteiger partial charge on any atom is -0.368 e. The lowest BCUT2D eigenvalue weighted by Crippen LogP contribution is -2.52. The molecule has 1 N–H and O–H groups in total. The smallest absolute Gasteiger partial charge is 0.253 e. The molecule has 2 amide bonds. The molecule has 0 spiro atoms. The van der Waals surface area contributed by atoms with Gasteiger partial charge in [-0.3, -0.25) is 9.59 Å². The molecule has 2 saturated heterocycles. The summed E-state index contributed by atoms with van der Waals surface area (Å²) in [5.74, 6) is -0.578. The number of benzene rings is 2. The number of likely N-dealkylation sites (tertiary alicyclic amines) is 1. The Labute approximate surface area is 197 Å². The highest BCUT2D eigenvalue weighted by molar-refractivity contribution is 5.95. The standard InChI is InChI=1S/C26H26FN5O2/c27-23-14-20(18-9-12-31(13-10-18)26(34)19-4-2-1-3-5-19)6-7-24(23)30-25(33)21-16-32(17-21)22-8-11-28-29-15-22/h1-8,11,14-15,18,21H,9-10,12-13,16-17H2,(H,30,33). The van der Waals surface area contributed by atoms with Gasteiger partial charge in [0.2, 0.25) is 5.91 Å². The Morgan fingerprint density at radius 2 is 1.74 bits per heavy atom. The van der Waals surface area contributed by atoms with Gasteiger partial charge < -0.3 is 15.1 Å². The number of aromatic nitrogens is 2. The van der Waals surface area contributed by atoms with Crippen molar-refractivity contribution >= 4 is 23.2 Å².